The molecule has 0 bridgehead atoms. The van der Waals surface area contributed by atoms with Gasteiger partial charge in [-0.25, -0.2) is 4.99 Å². The number of nitrogens with zero attached hydrogens (tertiary/aromatic N) is 1. The van der Waals surface area contributed by atoms with Crippen LogP contribution in [0.1, 0.15) is 33.3 Å². The van der Waals surface area contributed by atoms with E-state index < -0.39 is 0 Å². The van der Waals surface area contributed by atoms with E-state index in [9.17, 15) is 0 Å². The summed E-state index contributed by atoms with van der Waals surface area (Å²) in [5.41, 5.74) is 1.14. The number of benzene rings is 1. The maximum Gasteiger partial charge on any atom is 0.191 e. The third-order valence-electron chi connectivity index (χ3n) is 2.17. The zero-order valence-electron chi connectivity index (χ0n) is 11.5. The van der Waals surface area contributed by atoms with E-state index in [2.05, 4.69) is 43.3 Å². The first-order valence-corrected chi connectivity index (χ1v) is 6.59. The van der Waals surface area contributed by atoms with Gasteiger partial charge in [-0.3, -0.25) is 0 Å². The van der Waals surface area contributed by atoms with Crippen LogP contribution in [0.25, 0.3) is 0 Å². The van der Waals surface area contributed by atoms with Gasteiger partial charge in [0.05, 0.1) is 6.54 Å². The molecule has 0 unspecified atom stereocenters. The predicted octanol–water partition coefficient (Wildman–Crippen LogP) is 3.19. The van der Waals surface area contributed by atoms with Crippen LogP contribution in [0.3, 0.4) is 0 Å². The van der Waals surface area contributed by atoms with Gasteiger partial charge in [-0.1, -0.05) is 23.7 Å². The minimum Gasteiger partial charge on any atom is -0.357 e. The Hall–Kier alpha value is -1.22. The van der Waals surface area contributed by atoms with Gasteiger partial charge >= 0.3 is 0 Å². The number of nitrogens with one attached hydrogen (secondary N) is 2. The number of halogens is 1. The van der Waals surface area contributed by atoms with E-state index in [1.807, 2.05) is 24.3 Å². The lowest BCUT2D eigenvalue weighted by Gasteiger charge is -2.23. The van der Waals surface area contributed by atoms with Crippen molar-refractivity contribution in [2.75, 3.05) is 6.54 Å². The highest BCUT2D eigenvalue weighted by atomic mass is 35.5. The molecule has 0 heterocycles. The topological polar surface area (TPSA) is 36.4 Å². The Morgan fingerprint density at radius 1 is 1.22 bits per heavy atom. The number of hydrogen-bond acceptors (Lipinski definition) is 1. The fraction of sp³-hybridized carbons (Fsp3) is 0.500. The van der Waals surface area contributed by atoms with Crippen LogP contribution in [0, 0.1) is 0 Å². The van der Waals surface area contributed by atoms with Crippen molar-refractivity contribution in [2.24, 2.45) is 4.99 Å². The van der Waals surface area contributed by atoms with Crippen molar-refractivity contribution >= 4 is 17.6 Å². The molecule has 0 aliphatic rings. The van der Waals surface area contributed by atoms with Crippen molar-refractivity contribution < 1.29 is 0 Å². The average Bonchev–Trinajstić information content (AvgIpc) is 2.26. The van der Waals surface area contributed by atoms with Gasteiger partial charge in [0.2, 0.25) is 0 Å². The van der Waals surface area contributed by atoms with Gasteiger partial charge in [0, 0.05) is 17.1 Å². The van der Waals surface area contributed by atoms with Gasteiger partial charge in [0.15, 0.2) is 5.96 Å². The van der Waals surface area contributed by atoms with Crippen molar-refractivity contribution in [3.63, 3.8) is 0 Å². The summed E-state index contributed by atoms with van der Waals surface area (Å²) in [6, 6.07) is 7.76. The van der Waals surface area contributed by atoms with Gasteiger partial charge in [0.25, 0.3) is 0 Å². The molecule has 0 aliphatic carbocycles. The zero-order valence-corrected chi connectivity index (χ0v) is 12.3. The van der Waals surface area contributed by atoms with Crippen LogP contribution in [0.4, 0.5) is 0 Å². The molecule has 4 heteroatoms. The molecule has 0 aliphatic heterocycles. The Morgan fingerprint density at radius 2 is 1.83 bits per heavy atom. The molecule has 0 saturated heterocycles. The third kappa shape index (κ3) is 5.92. The van der Waals surface area contributed by atoms with E-state index >= 15 is 0 Å². The highest BCUT2D eigenvalue weighted by Gasteiger charge is 2.11. The van der Waals surface area contributed by atoms with E-state index in [4.69, 9.17) is 11.6 Å². The number of hydrogen-bond donors (Lipinski definition) is 2. The first-order valence-electron chi connectivity index (χ1n) is 6.21. The molecular weight excluding hydrogens is 246 g/mol. The Kier molecular flexibility index (Phi) is 5.48. The van der Waals surface area contributed by atoms with E-state index in [-0.39, 0.29) is 5.54 Å². The van der Waals surface area contributed by atoms with Crippen LogP contribution in [0.2, 0.25) is 5.02 Å². The molecule has 0 radical (unpaired) electrons. The van der Waals surface area contributed by atoms with E-state index in [0.717, 1.165) is 23.1 Å². The maximum atomic E-state index is 5.85. The van der Waals surface area contributed by atoms with Gasteiger partial charge < -0.3 is 10.6 Å². The lowest BCUT2D eigenvalue weighted by molar-refractivity contribution is 0.501. The number of guanidine groups is 1. The maximum absolute atomic E-state index is 5.85. The first-order chi connectivity index (χ1) is 8.40. The van der Waals surface area contributed by atoms with E-state index in [0.29, 0.717) is 6.54 Å². The quantitative estimate of drug-likeness (QED) is 0.652. The van der Waals surface area contributed by atoms with Crippen LogP contribution in [0.15, 0.2) is 29.3 Å². The molecule has 1 rings (SSSR count). The second kappa shape index (κ2) is 6.64. The first kappa shape index (κ1) is 14.8. The highest BCUT2D eigenvalue weighted by Crippen LogP contribution is 2.10. The summed E-state index contributed by atoms with van der Waals surface area (Å²) < 4.78 is 0. The number of aliphatic imine (C=N–C) groups is 1. The van der Waals surface area contributed by atoms with Crippen molar-refractivity contribution in [3.05, 3.63) is 34.9 Å². The summed E-state index contributed by atoms with van der Waals surface area (Å²) in [4.78, 5) is 4.55. The molecule has 0 aromatic heterocycles. The lowest BCUT2D eigenvalue weighted by Crippen LogP contribution is -2.47. The van der Waals surface area contributed by atoms with Crippen LogP contribution in [-0.4, -0.2) is 18.0 Å². The van der Waals surface area contributed by atoms with Gasteiger partial charge in [-0.2, -0.15) is 0 Å². The largest absolute Gasteiger partial charge is 0.357 e. The second-order valence-electron chi connectivity index (χ2n) is 5.20. The Bertz CT molecular complexity index is 390. The molecule has 1 aromatic carbocycles. The molecule has 2 N–H and O–H groups in total. The second-order valence-corrected chi connectivity index (χ2v) is 5.63. The minimum absolute atomic E-state index is 0.000991. The van der Waals surface area contributed by atoms with E-state index in [1.165, 1.54) is 0 Å². The summed E-state index contributed by atoms with van der Waals surface area (Å²) in [5, 5.41) is 7.34. The molecule has 0 saturated carbocycles. The summed E-state index contributed by atoms with van der Waals surface area (Å²) in [7, 11) is 0. The summed E-state index contributed by atoms with van der Waals surface area (Å²) in [6.45, 7) is 9.89. The normalized spacial score (nSPS) is 12.4. The number of rotatable bonds is 3. The fourth-order valence-corrected chi connectivity index (χ4v) is 1.55. The molecule has 1 aromatic rings. The van der Waals surface area contributed by atoms with Gasteiger partial charge in [0.1, 0.15) is 0 Å². The van der Waals surface area contributed by atoms with Crippen molar-refractivity contribution in [1.29, 1.82) is 0 Å². The van der Waals surface area contributed by atoms with Crippen LogP contribution in [0.5, 0.6) is 0 Å². The average molecular weight is 268 g/mol. The third-order valence-corrected chi connectivity index (χ3v) is 2.42. The minimum atomic E-state index is 0.000991. The molecule has 18 heavy (non-hydrogen) atoms. The highest BCUT2D eigenvalue weighted by molar-refractivity contribution is 6.30. The van der Waals surface area contributed by atoms with Crippen LogP contribution >= 0.6 is 11.6 Å². The lowest BCUT2D eigenvalue weighted by atomic mass is 10.1. The van der Waals surface area contributed by atoms with Gasteiger partial charge in [-0.05, 0) is 45.4 Å². The standard InChI is InChI=1S/C14H22ClN3/c1-5-16-13(18-14(2,3)4)17-10-11-6-8-12(15)9-7-11/h6-9H,5,10H2,1-4H3,(H2,16,17,18). The fourth-order valence-electron chi connectivity index (χ4n) is 1.42. The van der Waals surface area contributed by atoms with E-state index in [1.54, 1.807) is 0 Å². The molecule has 0 spiro atoms. The van der Waals surface area contributed by atoms with Crippen molar-refractivity contribution in [1.82, 2.24) is 10.6 Å². The molecule has 100 valence electrons. The summed E-state index contributed by atoms with van der Waals surface area (Å²) >= 11 is 5.85. The smallest absolute Gasteiger partial charge is 0.191 e. The summed E-state index contributed by atoms with van der Waals surface area (Å²) in [5.74, 6) is 0.833. The van der Waals surface area contributed by atoms with Crippen molar-refractivity contribution in [2.45, 2.75) is 39.8 Å². The predicted molar refractivity (Wildman–Crippen MR) is 79.2 cm³/mol. The SMILES string of the molecule is CCNC(=NCc1ccc(Cl)cc1)NC(C)(C)C. The zero-order chi connectivity index (χ0) is 13.6. The molecule has 0 atom stereocenters. The monoisotopic (exact) mass is 267 g/mol. The Morgan fingerprint density at radius 3 is 2.33 bits per heavy atom. The van der Waals surface area contributed by atoms with Gasteiger partial charge in [-0.15, -0.1) is 0 Å². The molecular formula is C14H22ClN3. The van der Waals surface area contributed by atoms with Crippen LogP contribution < -0.4 is 10.6 Å². The Balaban J connectivity index is 2.67. The summed E-state index contributed by atoms with van der Waals surface area (Å²) in [6.07, 6.45) is 0. The Labute approximate surface area is 115 Å². The molecule has 0 fully saturated rings. The van der Waals surface area contributed by atoms with Crippen molar-refractivity contribution in [3.8, 4) is 0 Å². The molecule has 0 amide bonds. The molecule has 3 nitrogen and oxygen atoms in total. The van der Waals surface area contributed by atoms with Crippen LogP contribution in [-0.2, 0) is 6.54 Å².